The minimum Gasteiger partial charge on any atom is -0.339 e. The molecule has 126 valence electrons. The van der Waals surface area contributed by atoms with Crippen LogP contribution in [-0.4, -0.2) is 20.9 Å². The first-order chi connectivity index (χ1) is 12.0. The number of hydrogen-bond acceptors (Lipinski definition) is 5. The average Bonchev–Trinajstić information content (AvgIpc) is 2.87. The maximum Gasteiger partial charge on any atom is 0.269 e. The largest absolute Gasteiger partial charge is 0.339 e. The van der Waals surface area contributed by atoms with Crippen molar-refractivity contribution in [1.29, 1.82) is 0 Å². The highest BCUT2D eigenvalue weighted by atomic mass is 16.6. The number of para-hydroxylation sites is 1. The van der Waals surface area contributed by atoms with Crippen LogP contribution in [0.5, 0.6) is 0 Å². The molecule has 0 spiro atoms. The van der Waals surface area contributed by atoms with E-state index in [4.69, 9.17) is 0 Å². The molecular weight excluding hydrogens is 318 g/mol. The number of nitro benzene ring substituents is 1. The second-order valence-electron chi connectivity index (χ2n) is 5.50. The van der Waals surface area contributed by atoms with Crippen LogP contribution in [0.1, 0.15) is 11.3 Å². The van der Waals surface area contributed by atoms with Gasteiger partial charge in [-0.25, -0.2) is 0 Å². The van der Waals surface area contributed by atoms with E-state index in [9.17, 15) is 10.1 Å². The highest BCUT2D eigenvalue weighted by molar-refractivity contribution is 5.85. The van der Waals surface area contributed by atoms with Crippen molar-refractivity contribution in [3.63, 3.8) is 0 Å². The Labute approximate surface area is 144 Å². The van der Waals surface area contributed by atoms with Crippen molar-refractivity contribution in [3.05, 3.63) is 76.0 Å². The Kier molecular flexibility index (Phi) is 4.56. The van der Waals surface area contributed by atoms with Gasteiger partial charge in [-0.05, 0) is 36.8 Å². The van der Waals surface area contributed by atoms with Gasteiger partial charge < -0.3 is 5.32 Å². The monoisotopic (exact) mass is 335 g/mol. The molecule has 0 saturated carbocycles. The van der Waals surface area contributed by atoms with Gasteiger partial charge >= 0.3 is 0 Å². The molecule has 2 aromatic carbocycles. The zero-order chi connectivity index (χ0) is 17.8. The highest BCUT2D eigenvalue weighted by Crippen LogP contribution is 2.30. The second kappa shape index (κ2) is 6.96. The summed E-state index contributed by atoms with van der Waals surface area (Å²) >= 11 is 0. The summed E-state index contributed by atoms with van der Waals surface area (Å²) in [7, 11) is 1.85. The molecular formula is C18H17N5O2. The van der Waals surface area contributed by atoms with Crippen LogP contribution in [0.15, 0.2) is 59.6 Å². The number of aliphatic imine (C=N–C) groups is 1. The summed E-state index contributed by atoms with van der Waals surface area (Å²) in [6.07, 6.45) is 1.67. The smallest absolute Gasteiger partial charge is 0.269 e. The molecule has 0 aliphatic carbocycles. The number of hydrogen-bond donors (Lipinski definition) is 1. The lowest BCUT2D eigenvalue weighted by Crippen LogP contribution is -1.99. The number of aryl methyl sites for hydroxylation is 2. The Morgan fingerprint density at radius 3 is 2.48 bits per heavy atom. The quantitative estimate of drug-likeness (QED) is 0.431. The van der Waals surface area contributed by atoms with Crippen LogP contribution < -0.4 is 5.32 Å². The Balaban J connectivity index is 1.88. The number of rotatable bonds is 5. The van der Waals surface area contributed by atoms with Gasteiger partial charge in [-0.15, -0.1) is 0 Å². The van der Waals surface area contributed by atoms with Crippen molar-refractivity contribution in [2.45, 2.75) is 6.92 Å². The van der Waals surface area contributed by atoms with Crippen LogP contribution in [0.4, 0.5) is 22.9 Å². The van der Waals surface area contributed by atoms with Gasteiger partial charge in [0.2, 0.25) is 0 Å². The SMILES string of the molecule is Cc1nn(C)c(Nc2ccccc2)c1N=Cc1ccc([N+](=O)[O-])cc1. The molecule has 1 N–H and O–H groups in total. The van der Waals surface area contributed by atoms with E-state index in [1.807, 2.05) is 44.3 Å². The lowest BCUT2D eigenvalue weighted by molar-refractivity contribution is -0.384. The Morgan fingerprint density at radius 1 is 1.16 bits per heavy atom. The van der Waals surface area contributed by atoms with Gasteiger partial charge in [0.15, 0.2) is 5.82 Å². The first kappa shape index (κ1) is 16.4. The third kappa shape index (κ3) is 3.72. The fourth-order valence-electron chi connectivity index (χ4n) is 2.42. The summed E-state index contributed by atoms with van der Waals surface area (Å²) in [5.41, 5.74) is 3.29. The Morgan fingerprint density at radius 2 is 1.84 bits per heavy atom. The molecule has 7 nitrogen and oxygen atoms in total. The molecule has 0 aliphatic rings. The van der Waals surface area contributed by atoms with Gasteiger partial charge in [0.05, 0.1) is 10.6 Å². The molecule has 3 aromatic rings. The van der Waals surface area contributed by atoms with Crippen LogP contribution in [0, 0.1) is 17.0 Å². The number of anilines is 2. The van der Waals surface area contributed by atoms with Crippen LogP contribution in [-0.2, 0) is 7.05 Å². The zero-order valence-electron chi connectivity index (χ0n) is 13.9. The number of benzene rings is 2. The van der Waals surface area contributed by atoms with E-state index in [1.54, 1.807) is 23.0 Å². The summed E-state index contributed by atoms with van der Waals surface area (Å²) < 4.78 is 1.74. The molecule has 7 heteroatoms. The van der Waals surface area contributed by atoms with Gasteiger partial charge in [-0.2, -0.15) is 5.10 Å². The lowest BCUT2D eigenvalue weighted by Gasteiger charge is -2.07. The third-order valence-electron chi connectivity index (χ3n) is 3.67. The van der Waals surface area contributed by atoms with Crippen LogP contribution in [0.3, 0.4) is 0 Å². The number of non-ortho nitro benzene ring substituents is 1. The topological polar surface area (TPSA) is 85.3 Å². The fourth-order valence-corrected chi connectivity index (χ4v) is 2.42. The minimum atomic E-state index is -0.423. The average molecular weight is 335 g/mol. The van der Waals surface area contributed by atoms with E-state index >= 15 is 0 Å². The molecule has 0 unspecified atom stereocenters. The third-order valence-corrected chi connectivity index (χ3v) is 3.67. The molecule has 0 amide bonds. The fraction of sp³-hybridized carbons (Fsp3) is 0.111. The molecule has 0 bridgehead atoms. The molecule has 0 atom stereocenters. The summed E-state index contributed by atoms with van der Waals surface area (Å²) in [5.74, 6) is 0.780. The van der Waals surface area contributed by atoms with Gasteiger partial charge in [0.1, 0.15) is 5.69 Å². The van der Waals surface area contributed by atoms with E-state index in [1.165, 1.54) is 12.1 Å². The van der Waals surface area contributed by atoms with Crippen molar-refractivity contribution < 1.29 is 4.92 Å². The molecule has 3 rings (SSSR count). The van der Waals surface area contributed by atoms with Crippen LogP contribution in [0.25, 0.3) is 0 Å². The van der Waals surface area contributed by atoms with E-state index in [2.05, 4.69) is 15.4 Å². The van der Waals surface area contributed by atoms with Crippen molar-refractivity contribution >= 4 is 29.1 Å². The maximum absolute atomic E-state index is 10.7. The van der Waals surface area contributed by atoms with Crippen molar-refractivity contribution in [2.75, 3.05) is 5.32 Å². The van der Waals surface area contributed by atoms with Crippen molar-refractivity contribution in [2.24, 2.45) is 12.0 Å². The standard InChI is InChI=1S/C18H17N5O2/c1-13-17(19-12-14-8-10-16(11-9-14)23(24)25)18(22(2)21-13)20-15-6-4-3-5-7-15/h3-12,20H,1-2H3. The predicted molar refractivity (Wildman–Crippen MR) is 98.0 cm³/mol. The summed E-state index contributed by atoms with van der Waals surface area (Å²) in [6, 6.07) is 16.0. The number of nitrogens with zero attached hydrogens (tertiary/aromatic N) is 4. The van der Waals surface area contributed by atoms with E-state index in [-0.39, 0.29) is 5.69 Å². The highest BCUT2D eigenvalue weighted by Gasteiger charge is 2.12. The first-order valence-corrected chi connectivity index (χ1v) is 7.69. The molecule has 0 aliphatic heterocycles. The molecule has 0 radical (unpaired) electrons. The van der Waals surface area contributed by atoms with Gasteiger partial charge in [0, 0.05) is 31.1 Å². The summed E-state index contributed by atoms with van der Waals surface area (Å²) in [4.78, 5) is 14.8. The normalized spacial score (nSPS) is 11.0. The number of nitro groups is 1. The first-order valence-electron chi connectivity index (χ1n) is 7.69. The molecule has 25 heavy (non-hydrogen) atoms. The van der Waals surface area contributed by atoms with E-state index < -0.39 is 4.92 Å². The predicted octanol–water partition coefficient (Wildman–Crippen LogP) is 4.13. The lowest BCUT2D eigenvalue weighted by atomic mass is 10.2. The van der Waals surface area contributed by atoms with Crippen LogP contribution >= 0.6 is 0 Å². The Bertz CT molecular complexity index is 915. The van der Waals surface area contributed by atoms with Crippen molar-refractivity contribution in [3.8, 4) is 0 Å². The summed E-state index contributed by atoms with van der Waals surface area (Å²) in [6.45, 7) is 1.89. The van der Waals surface area contributed by atoms with Gasteiger partial charge in [-0.3, -0.25) is 19.8 Å². The maximum atomic E-state index is 10.7. The molecule has 1 aromatic heterocycles. The molecule has 0 fully saturated rings. The molecule has 0 saturated heterocycles. The second-order valence-corrected chi connectivity index (χ2v) is 5.50. The van der Waals surface area contributed by atoms with Gasteiger partial charge in [0.25, 0.3) is 5.69 Å². The summed E-state index contributed by atoms with van der Waals surface area (Å²) in [5, 5.41) is 18.4. The zero-order valence-corrected chi connectivity index (χ0v) is 13.9. The Hall–Kier alpha value is -3.48. The van der Waals surface area contributed by atoms with Crippen LogP contribution in [0.2, 0.25) is 0 Å². The van der Waals surface area contributed by atoms with Crippen molar-refractivity contribution in [1.82, 2.24) is 9.78 Å². The number of nitrogens with one attached hydrogen (secondary N) is 1. The van der Waals surface area contributed by atoms with Gasteiger partial charge in [-0.1, -0.05) is 18.2 Å². The minimum absolute atomic E-state index is 0.0566. The van der Waals surface area contributed by atoms with E-state index in [0.717, 1.165) is 28.5 Å². The number of aromatic nitrogens is 2. The molecule has 1 heterocycles. The van der Waals surface area contributed by atoms with E-state index in [0.29, 0.717) is 0 Å².